The monoisotopic (exact) mass is 282 g/mol. The highest BCUT2D eigenvalue weighted by atomic mass is 31.1. The maximum atomic E-state index is 11.3. The SMILES string of the molecule is O=[PH](OCOC1(CO)CC1)OCOC1(CO)CC1. The van der Waals surface area contributed by atoms with Crippen LogP contribution >= 0.6 is 8.25 Å². The first-order valence-corrected chi connectivity index (χ1v) is 7.15. The van der Waals surface area contributed by atoms with Crippen molar-refractivity contribution in [1.82, 2.24) is 0 Å². The molecule has 18 heavy (non-hydrogen) atoms. The molecule has 2 N–H and O–H groups in total. The van der Waals surface area contributed by atoms with Crippen LogP contribution in [0.5, 0.6) is 0 Å². The average Bonchev–Trinajstić information content (AvgIpc) is 3.25. The van der Waals surface area contributed by atoms with Gasteiger partial charge < -0.3 is 19.7 Å². The number of hydrogen-bond donors (Lipinski definition) is 2. The van der Waals surface area contributed by atoms with Crippen LogP contribution in [-0.4, -0.2) is 48.2 Å². The Morgan fingerprint density at radius 3 is 1.56 bits per heavy atom. The largest absolute Gasteiger partial charge is 0.393 e. The van der Waals surface area contributed by atoms with Crippen LogP contribution in [0.1, 0.15) is 25.7 Å². The van der Waals surface area contributed by atoms with Gasteiger partial charge in [-0.2, -0.15) is 0 Å². The maximum absolute atomic E-state index is 11.3. The fourth-order valence-electron chi connectivity index (χ4n) is 1.42. The molecule has 0 atom stereocenters. The predicted molar refractivity (Wildman–Crippen MR) is 61.2 cm³/mol. The van der Waals surface area contributed by atoms with Crippen LogP contribution in [-0.2, 0) is 23.1 Å². The number of aliphatic hydroxyl groups is 2. The van der Waals surface area contributed by atoms with Crippen molar-refractivity contribution in [3.8, 4) is 0 Å². The lowest BCUT2D eigenvalue weighted by molar-refractivity contribution is -0.0929. The van der Waals surface area contributed by atoms with Gasteiger partial charge in [-0.15, -0.1) is 0 Å². The molecule has 0 saturated heterocycles. The van der Waals surface area contributed by atoms with Crippen molar-refractivity contribution < 1.29 is 33.3 Å². The topological polar surface area (TPSA) is 94.5 Å². The summed E-state index contributed by atoms with van der Waals surface area (Å²) in [7, 11) is -2.66. The highest BCUT2D eigenvalue weighted by molar-refractivity contribution is 7.33. The summed E-state index contributed by atoms with van der Waals surface area (Å²) in [6, 6.07) is 0. The van der Waals surface area contributed by atoms with Crippen LogP contribution in [0.25, 0.3) is 0 Å². The first-order valence-electron chi connectivity index (χ1n) is 5.93. The van der Waals surface area contributed by atoms with Crippen LogP contribution in [0, 0.1) is 0 Å². The molecule has 2 saturated carbocycles. The van der Waals surface area contributed by atoms with Gasteiger partial charge in [-0.05, 0) is 25.7 Å². The minimum Gasteiger partial charge on any atom is -0.393 e. The maximum Gasteiger partial charge on any atom is 0.323 e. The second-order valence-electron chi connectivity index (χ2n) is 4.75. The number of rotatable bonds is 10. The second-order valence-corrected chi connectivity index (χ2v) is 5.82. The minimum atomic E-state index is -2.66. The molecule has 2 aliphatic rings. The van der Waals surface area contributed by atoms with Crippen LogP contribution in [0.3, 0.4) is 0 Å². The Morgan fingerprint density at radius 1 is 0.889 bits per heavy atom. The zero-order valence-corrected chi connectivity index (χ0v) is 11.1. The molecule has 0 unspecified atom stereocenters. The van der Waals surface area contributed by atoms with E-state index in [9.17, 15) is 4.57 Å². The van der Waals surface area contributed by atoms with Gasteiger partial charge in [0, 0.05) is 0 Å². The van der Waals surface area contributed by atoms with E-state index in [-0.39, 0.29) is 26.8 Å². The van der Waals surface area contributed by atoms with Gasteiger partial charge in [-0.1, -0.05) is 0 Å². The van der Waals surface area contributed by atoms with Gasteiger partial charge in [0.05, 0.1) is 24.4 Å². The summed E-state index contributed by atoms with van der Waals surface area (Å²) in [5, 5.41) is 17.9. The highest BCUT2D eigenvalue weighted by Gasteiger charge is 2.44. The second kappa shape index (κ2) is 5.96. The summed E-state index contributed by atoms with van der Waals surface area (Å²) >= 11 is 0. The van der Waals surface area contributed by atoms with E-state index in [2.05, 4.69) is 0 Å². The van der Waals surface area contributed by atoms with Crippen LogP contribution < -0.4 is 0 Å². The Balaban J connectivity index is 1.50. The van der Waals surface area contributed by atoms with E-state index < -0.39 is 19.5 Å². The fraction of sp³-hybridized carbons (Fsp3) is 1.00. The lowest BCUT2D eigenvalue weighted by Crippen LogP contribution is -2.21. The van der Waals surface area contributed by atoms with Crippen LogP contribution in [0.15, 0.2) is 0 Å². The quantitative estimate of drug-likeness (QED) is 0.442. The van der Waals surface area contributed by atoms with Crippen molar-refractivity contribution in [3.05, 3.63) is 0 Å². The summed E-state index contributed by atoms with van der Waals surface area (Å²) in [5.74, 6) is 0. The predicted octanol–water partition coefficient (Wildman–Crippen LogP) is 0.407. The van der Waals surface area contributed by atoms with Gasteiger partial charge in [0.15, 0.2) is 13.6 Å². The standard InChI is InChI=1S/C10H19O7P/c11-5-9(1-2-9)14-7-16-18(13)17-8-15-10(6-12)3-4-10/h11-12,18H,1-8H2. The first kappa shape index (κ1) is 14.4. The van der Waals surface area contributed by atoms with Crippen LogP contribution in [0.4, 0.5) is 0 Å². The molecule has 0 aliphatic heterocycles. The van der Waals surface area contributed by atoms with Gasteiger partial charge in [0.2, 0.25) is 0 Å². The summed E-state index contributed by atoms with van der Waals surface area (Å²) in [4.78, 5) is 0. The summed E-state index contributed by atoms with van der Waals surface area (Å²) in [5.41, 5.74) is -0.985. The molecule has 2 fully saturated rings. The first-order chi connectivity index (χ1) is 8.64. The molecule has 106 valence electrons. The van der Waals surface area contributed by atoms with E-state index in [0.717, 1.165) is 25.7 Å². The third kappa shape index (κ3) is 3.99. The van der Waals surface area contributed by atoms with Crippen molar-refractivity contribution in [2.75, 3.05) is 26.8 Å². The summed E-state index contributed by atoms with van der Waals surface area (Å²) in [6.07, 6.45) is 3.15. The van der Waals surface area contributed by atoms with Gasteiger partial charge in [-0.3, -0.25) is 13.6 Å². The van der Waals surface area contributed by atoms with E-state index in [1.165, 1.54) is 0 Å². The number of aliphatic hydroxyl groups excluding tert-OH is 2. The van der Waals surface area contributed by atoms with Gasteiger partial charge in [0.25, 0.3) is 0 Å². The Kier molecular flexibility index (Phi) is 4.77. The van der Waals surface area contributed by atoms with Crippen molar-refractivity contribution in [3.63, 3.8) is 0 Å². The molecule has 2 rings (SSSR count). The number of ether oxygens (including phenoxy) is 2. The van der Waals surface area contributed by atoms with E-state index in [1.807, 2.05) is 0 Å². The Hall–Kier alpha value is -0.0100. The van der Waals surface area contributed by atoms with E-state index in [1.54, 1.807) is 0 Å². The lowest BCUT2D eigenvalue weighted by atomic mass is 10.4. The Bertz CT molecular complexity index is 273. The molecule has 0 spiro atoms. The normalized spacial score (nSPS) is 23.3. The molecule has 8 heteroatoms. The molecular weight excluding hydrogens is 263 g/mol. The smallest absolute Gasteiger partial charge is 0.323 e. The van der Waals surface area contributed by atoms with Gasteiger partial charge in [-0.25, -0.2) is 0 Å². The summed E-state index contributed by atoms with van der Waals surface area (Å²) < 4.78 is 31.4. The molecule has 0 aromatic carbocycles. The average molecular weight is 282 g/mol. The van der Waals surface area contributed by atoms with E-state index >= 15 is 0 Å². The zero-order valence-electron chi connectivity index (χ0n) is 10.1. The molecule has 0 heterocycles. The minimum absolute atomic E-state index is 0.0553. The molecule has 0 amide bonds. The Morgan fingerprint density at radius 2 is 1.28 bits per heavy atom. The van der Waals surface area contributed by atoms with Crippen molar-refractivity contribution in [2.45, 2.75) is 36.9 Å². The van der Waals surface area contributed by atoms with Crippen molar-refractivity contribution in [2.24, 2.45) is 0 Å². The molecule has 7 nitrogen and oxygen atoms in total. The fourth-order valence-corrected chi connectivity index (χ4v) is 1.82. The van der Waals surface area contributed by atoms with Crippen LogP contribution in [0.2, 0.25) is 0 Å². The molecule has 0 bridgehead atoms. The zero-order chi connectivity index (χ0) is 13.1. The van der Waals surface area contributed by atoms with E-state index in [0.29, 0.717) is 0 Å². The van der Waals surface area contributed by atoms with E-state index in [4.69, 9.17) is 28.7 Å². The number of hydrogen-bond acceptors (Lipinski definition) is 7. The van der Waals surface area contributed by atoms with Gasteiger partial charge >= 0.3 is 8.25 Å². The highest BCUT2D eigenvalue weighted by Crippen LogP contribution is 2.41. The third-order valence-electron chi connectivity index (χ3n) is 3.28. The third-order valence-corrected chi connectivity index (χ3v) is 3.98. The molecule has 0 aromatic heterocycles. The van der Waals surface area contributed by atoms with Crippen molar-refractivity contribution in [1.29, 1.82) is 0 Å². The van der Waals surface area contributed by atoms with Crippen molar-refractivity contribution >= 4 is 8.25 Å². The molecule has 2 aliphatic carbocycles. The molecular formula is C10H19O7P. The molecule has 0 radical (unpaired) electrons. The summed E-state index contributed by atoms with van der Waals surface area (Å²) in [6.45, 7) is -0.437. The lowest BCUT2D eigenvalue weighted by Gasteiger charge is -2.15. The molecule has 0 aromatic rings. The van der Waals surface area contributed by atoms with Gasteiger partial charge in [0.1, 0.15) is 0 Å². The Labute approximate surface area is 106 Å².